The summed E-state index contributed by atoms with van der Waals surface area (Å²) in [6.07, 6.45) is 10.9. The lowest BCUT2D eigenvalue weighted by Gasteiger charge is -2.36. The summed E-state index contributed by atoms with van der Waals surface area (Å²) in [5.74, 6) is 2.23. The number of hydrogen-bond acceptors (Lipinski definition) is 12. The number of aromatic nitrogens is 7. The van der Waals surface area contributed by atoms with Crippen LogP contribution in [0.4, 0.5) is 29.5 Å². The first-order valence-corrected chi connectivity index (χ1v) is 15.2. The molecule has 40 heavy (non-hydrogen) atoms. The Morgan fingerprint density at radius 1 is 1.07 bits per heavy atom. The van der Waals surface area contributed by atoms with Crippen LogP contribution in [-0.4, -0.2) is 104 Å². The van der Waals surface area contributed by atoms with Crippen molar-refractivity contribution in [1.29, 1.82) is 0 Å². The highest BCUT2D eigenvalue weighted by Gasteiger charge is 2.46. The van der Waals surface area contributed by atoms with Crippen LogP contribution in [0.5, 0.6) is 0 Å². The van der Waals surface area contributed by atoms with Gasteiger partial charge in [-0.3, -0.25) is 19.8 Å². The van der Waals surface area contributed by atoms with E-state index in [9.17, 15) is 13.2 Å². The molecule has 2 aliphatic heterocycles. The van der Waals surface area contributed by atoms with Crippen molar-refractivity contribution in [3.05, 3.63) is 30.9 Å². The minimum Gasteiger partial charge on any atom is -0.338 e. The first-order valence-electron chi connectivity index (χ1n) is 13.3. The molecule has 3 fully saturated rings. The third-order valence-electron chi connectivity index (χ3n) is 7.64. The monoisotopic (exact) mass is 568 g/mol. The summed E-state index contributed by atoms with van der Waals surface area (Å²) in [4.78, 5) is 42.4. The summed E-state index contributed by atoms with van der Waals surface area (Å²) in [5.41, 5.74) is -0.930. The summed E-state index contributed by atoms with van der Waals surface area (Å²) in [5, 5.41) is 10.0. The zero-order chi connectivity index (χ0) is 27.9. The zero-order valence-electron chi connectivity index (χ0n) is 22.4. The molecule has 3 aliphatic rings. The predicted molar refractivity (Wildman–Crippen MR) is 148 cm³/mol. The standard InChI is InChI=1S/C24H32N12O3S/c1-24(20(37)28-18-16-25-9-10-26-18)7-3-11-35(24)22-29-21(33-12-14-34(15-13-33)40(2,38)39)30-23(31-22)36(17-4-5-17)19-6-8-27-32-19/h6,8-10,16-17H,3-5,7,11-15H2,1-2H3,(H,27,32)(H,26,28,37). The molecule has 2 N–H and O–H groups in total. The quantitative estimate of drug-likeness (QED) is 0.392. The molecule has 15 nitrogen and oxygen atoms in total. The molecule has 5 heterocycles. The van der Waals surface area contributed by atoms with E-state index in [1.807, 2.05) is 27.7 Å². The van der Waals surface area contributed by atoms with Crippen molar-refractivity contribution in [1.82, 2.24) is 39.4 Å². The topological polar surface area (TPSA) is 169 Å². The fourth-order valence-corrected chi connectivity index (χ4v) is 6.08. The molecule has 1 amide bonds. The van der Waals surface area contributed by atoms with Crippen LogP contribution in [-0.2, 0) is 14.8 Å². The first-order chi connectivity index (χ1) is 19.2. The molecule has 2 saturated heterocycles. The maximum Gasteiger partial charge on any atom is 0.251 e. The van der Waals surface area contributed by atoms with E-state index >= 15 is 0 Å². The number of carbonyl (C=O) groups excluding carboxylic acids is 1. The van der Waals surface area contributed by atoms with Gasteiger partial charge in [0.05, 0.1) is 18.6 Å². The lowest BCUT2D eigenvalue weighted by molar-refractivity contribution is -0.120. The number of anilines is 5. The highest BCUT2D eigenvalue weighted by Crippen LogP contribution is 2.39. The Bertz CT molecular complexity index is 1460. The predicted octanol–water partition coefficient (Wildman–Crippen LogP) is 0.764. The molecule has 3 aromatic heterocycles. The number of piperazine rings is 1. The maximum absolute atomic E-state index is 13.6. The minimum atomic E-state index is -3.29. The smallest absolute Gasteiger partial charge is 0.251 e. The Morgan fingerprint density at radius 2 is 1.85 bits per heavy atom. The molecule has 0 radical (unpaired) electrons. The summed E-state index contributed by atoms with van der Waals surface area (Å²) >= 11 is 0. The van der Waals surface area contributed by atoms with Gasteiger partial charge in [-0.1, -0.05) is 0 Å². The number of hydrogen-bond donors (Lipinski definition) is 2. The van der Waals surface area contributed by atoms with Gasteiger partial charge in [-0.05, 0) is 32.6 Å². The van der Waals surface area contributed by atoms with Crippen molar-refractivity contribution in [3.63, 3.8) is 0 Å². The van der Waals surface area contributed by atoms with Gasteiger partial charge in [-0.15, -0.1) is 0 Å². The first kappa shape index (κ1) is 26.3. The van der Waals surface area contributed by atoms with Gasteiger partial charge in [-0.25, -0.2) is 13.4 Å². The third-order valence-corrected chi connectivity index (χ3v) is 8.94. The van der Waals surface area contributed by atoms with Crippen LogP contribution < -0.4 is 20.0 Å². The van der Waals surface area contributed by atoms with E-state index in [-0.39, 0.29) is 11.9 Å². The number of nitrogens with zero attached hydrogens (tertiary/aromatic N) is 10. The molecule has 3 aromatic rings. The van der Waals surface area contributed by atoms with E-state index < -0.39 is 15.6 Å². The number of sulfonamides is 1. The second kappa shape index (κ2) is 10.2. The molecule has 212 valence electrons. The van der Waals surface area contributed by atoms with Crippen molar-refractivity contribution in [2.75, 3.05) is 59.0 Å². The molecular formula is C24H32N12O3S. The number of H-pyrrole nitrogens is 1. The fourth-order valence-electron chi connectivity index (χ4n) is 5.25. The van der Waals surface area contributed by atoms with Gasteiger partial charge in [-0.2, -0.15) is 24.4 Å². The van der Waals surface area contributed by atoms with Gasteiger partial charge in [0.15, 0.2) is 5.82 Å². The Kier molecular flexibility index (Phi) is 6.74. The van der Waals surface area contributed by atoms with Gasteiger partial charge >= 0.3 is 0 Å². The molecule has 1 atom stereocenters. The van der Waals surface area contributed by atoms with Crippen LogP contribution in [0.1, 0.15) is 32.6 Å². The van der Waals surface area contributed by atoms with Gasteiger partial charge in [0.2, 0.25) is 27.9 Å². The number of amides is 1. The second-order valence-corrected chi connectivity index (χ2v) is 12.5. The highest BCUT2D eigenvalue weighted by atomic mass is 32.2. The van der Waals surface area contributed by atoms with E-state index in [2.05, 4.69) is 25.5 Å². The fraction of sp³-hybridized carbons (Fsp3) is 0.542. The number of rotatable bonds is 8. The summed E-state index contributed by atoms with van der Waals surface area (Å²) in [6.45, 7) is 4.02. The molecule has 1 aliphatic carbocycles. The van der Waals surface area contributed by atoms with Crippen molar-refractivity contribution in [2.24, 2.45) is 0 Å². The summed E-state index contributed by atoms with van der Waals surface area (Å²) in [6, 6.07) is 2.09. The van der Waals surface area contributed by atoms with Crippen LogP contribution >= 0.6 is 0 Å². The third kappa shape index (κ3) is 5.15. The lowest BCUT2D eigenvalue weighted by atomic mass is 9.98. The Labute approximate surface area is 232 Å². The lowest BCUT2D eigenvalue weighted by Crippen LogP contribution is -2.52. The van der Waals surface area contributed by atoms with Gasteiger partial charge < -0.3 is 15.1 Å². The van der Waals surface area contributed by atoms with Crippen molar-refractivity contribution in [2.45, 2.75) is 44.2 Å². The summed E-state index contributed by atoms with van der Waals surface area (Å²) in [7, 11) is -3.29. The van der Waals surface area contributed by atoms with Crippen LogP contribution in [0.25, 0.3) is 0 Å². The molecular weight excluding hydrogens is 536 g/mol. The van der Waals surface area contributed by atoms with E-state index in [0.717, 1.165) is 25.1 Å². The number of carbonyl (C=O) groups is 1. The van der Waals surface area contributed by atoms with E-state index in [0.29, 0.717) is 62.8 Å². The zero-order valence-corrected chi connectivity index (χ0v) is 23.2. The minimum absolute atomic E-state index is 0.218. The molecule has 6 rings (SSSR count). The maximum atomic E-state index is 13.6. The summed E-state index contributed by atoms with van der Waals surface area (Å²) < 4.78 is 25.6. The average molecular weight is 569 g/mol. The van der Waals surface area contributed by atoms with Gasteiger partial charge in [0.25, 0.3) is 5.91 Å². The average Bonchev–Trinajstić information content (AvgIpc) is 3.46. The molecule has 1 saturated carbocycles. The Morgan fingerprint density at radius 3 is 2.50 bits per heavy atom. The van der Waals surface area contributed by atoms with Crippen LogP contribution in [0.3, 0.4) is 0 Å². The largest absolute Gasteiger partial charge is 0.338 e. The number of nitrogens with one attached hydrogen (secondary N) is 2. The normalized spacial score (nSPS) is 21.9. The highest BCUT2D eigenvalue weighted by molar-refractivity contribution is 7.88. The van der Waals surface area contributed by atoms with E-state index in [1.54, 1.807) is 12.4 Å². The molecule has 0 spiro atoms. The van der Waals surface area contributed by atoms with Crippen LogP contribution in [0, 0.1) is 0 Å². The second-order valence-electron chi connectivity index (χ2n) is 10.5. The van der Waals surface area contributed by atoms with E-state index in [1.165, 1.54) is 23.0 Å². The Hall–Kier alpha value is -3.92. The SMILES string of the molecule is CC1(C(=O)Nc2cnccn2)CCCN1c1nc(N2CCN(S(C)(=O)=O)CC2)nc(N(c2ccn[nH]2)C2CC2)n1. The van der Waals surface area contributed by atoms with Crippen molar-refractivity contribution in [3.8, 4) is 0 Å². The van der Waals surface area contributed by atoms with Gasteiger partial charge in [0, 0.05) is 57.2 Å². The van der Waals surface area contributed by atoms with E-state index in [4.69, 9.17) is 15.0 Å². The number of aromatic amines is 1. The van der Waals surface area contributed by atoms with Crippen LogP contribution in [0.2, 0.25) is 0 Å². The molecule has 16 heteroatoms. The molecule has 0 bridgehead atoms. The van der Waals surface area contributed by atoms with Crippen molar-refractivity contribution < 1.29 is 13.2 Å². The van der Waals surface area contributed by atoms with Crippen molar-refractivity contribution >= 4 is 45.4 Å². The molecule has 0 aromatic carbocycles. The van der Waals surface area contributed by atoms with Crippen LogP contribution in [0.15, 0.2) is 30.9 Å². The van der Waals surface area contributed by atoms with Gasteiger partial charge in [0.1, 0.15) is 11.4 Å². The molecule has 1 unspecified atom stereocenters. The Balaban J connectivity index is 1.36.